The van der Waals surface area contributed by atoms with E-state index in [2.05, 4.69) is 39.3 Å². The summed E-state index contributed by atoms with van der Waals surface area (Å²) in [4.78, 5) is 11.4. The molecule has 0 unspecified atom stereocenters. The predicted octanol–water partition coefficient (Wildman–Crippen LogP) is 5.89. The summed E-state index contributed by atoms with van der Waals surface area (Å²) in [5, 5.41) is 7.40. The van der Waals surface area contributed by atoms with Gasteiger partial charge >= 0.3 is 0 Å². The molecular formula is C22H24ClN5OS. The van der Waals surface area contributed by atoms with Crippen LogP contribution in [0.5, 0.6) is 11.6 Å². The molecule has 0 saturated heterocycles. The normalized spacial score (nSPS) is 10.4. The van der Waals surface area contributed by atoms with Gasteiger partial charge in [0.05, 0.1) is 5.69 Å². The maximum Gasteiger partial charge on any atom is 0.248 e. The van der Waals surface area contributed by atoms with Crippen molar-refractivity contribution >= 4 is 46.3 Å². The van der Waals surface area contributed by atoms with Gasteiger partial charge in [0.2, 0.25) is 11.8 Å². The lowest BCUT2D eigenvalue weighted by molar-refractivity contribution is 0.463. The van der Waals surface area contributed by atoms with Crippen LogP contribution in [0.4, 0.5) is 17.3 Å². The largest absolute Gasteiger partial charge is 0.437 e. The number of nitrogens with zero attached hydrogens (tertiary/aromatic N) is 3. The topological polar surface area (TPSA) is 62.3 Å². The van der Waals surface area contributed by atoms with Crippen molar-refractivity contribution in [2.45, 2.75) is 20.8 Å². The van der Waals surface area contributed by atoms with Gasteiger partial charge in [-0.2, -0.15) is 4.98 Å². The summed E-state index contributed by atoms with van der Waals surface area (Å²) in [5.74, 6) is 1.62. The summed E-state index contributed by atoms with van der Waals surface area (Å²) in [6.07, 6.45) is 0. The maximum absolute atomic E-state index is 6.09. The summed E-state index contributed by atoms with van der Waals surface area (Å²) in [6.45, 7) is 7.60. The Morgan fingerprint density at radius 1 is 1.00 bits per heavy atom. The Bertz CT molecular complexity index is 994. The van der Waals surface area contributed by atoms with E-state index in [1.807, 2.05) is 37.3 Å². The number of para-hydroxylation sites is 1. The fourth-order valence-corrected chi connectivity index (χ4v) is 3.16. The number of hydrogen-bond donors (Lipinski definition) is 2. The Morgan fingerprint density at radius 2 is 1.67 bits per heavy atom. The number of benzene rings is 2. The molecule has 0 spiro atoms. The molecule has 156 valence electrons. The van der Waals surface area contributed by atoms with Crippen molar-refractivity contribution in [3.8, 4) is 11.6 Å². The lowest BCUT2D eigenvalue weighted by Crippen LogP contribution is -2.26. The number of rotatable bonds is 7. The van der Waals surface area contributed by atoms with Gasteiger partial charge in [0, 0.05) is 23.8 Å². The molecule has 0 aliphatic rings. The van der Waals surface area contributed by atoms with E-state index in [0.29, 0.717) is 33.4 Å². The Kier molecular flexibility index (Phi) is 7.43. The van der Waals surface area contributed by atoms with Crippen molar-refractivity contribution in [2.75, 3.05) is 28.6 Å². The quantitative estimate of drug-likeness (QED) is 0.443. The van der Waals surface area contributed by atoms with E-state index in [0.717, 1.165) is 24.5 Å². The van der Waals surface area contributed by atoms with Crippen LogP contribution < -0.4 is 20.3 Å². The van der Waals surface area contributed by atoms with Gasteiger partial charge in [0.15, 0.2) is 5.11 Å². The smallest absolute Gasteiger partial charge is 0.248 e. The first-order valence-electron chi connectivity index (χ1n) is 9.70. The molecule has 0 aliphatic carbocycles. The van der Waals surface area contributed by atoms with Crippen LogP contribution in [0.15, 0.2) is 54.6 Å². The van der Waals surface area contributed by atoms with E-state index in [1.54, 1.807) is 24.3 Å². The molecule has 0 fully saturated rings. The minimum absolute atomic E-state index is 0.393. The van der Waals surface area contributed by atoms with E-state index >= 15 is 0 Å². The van der Waals surface area contributed by atoms with Gasteiger partial charge in [-0.3, -0.25) is 0 Å². The zero-order valence-electron chi connectivity index (χ0n) is 17.1. The van der Waals surface area contributed by atoms with Crippen LogP contribution >= 0.6 is 23.8 Å². The third-order valence-electron chi connectivity index (χ3n) is 4.39. The molecule has 0 radical (unpaired) electrons. The maximum atomic E-state index is 6.09. The number of ether oxygens (including phenoxy) is 1. The first-order valence-corrected chi connectivity index (χ1v) is 10.5. The second kappa shape index (κ2) is 10.2. The Hall–Kier alpha value is -2.90. The van der Waals surface area contributed by atoms with Crippen molar-refractivity contribution in [2.24, 2.45) is 0 Å². The zero-order valence-corrected chi connectivity index (χ0v) is 18.7. The Balaban J connectivity index is 1.92. The van der Waals surface area contributed by atoms with Crippen molar-refractivity contribution < 1.29 is 4.74 Å². The van der Waals surface area contributed by atoms with E-state index in [9.17, 15) is 0 Å². The molecule has 8 heteroatoms. The second-order valence-corrected chi connectivity index (χ2v) is 7.31. The third kappa shape index (κ3) is 5.58. The average molecular weight is 442 g/mol. The van der Waals surface area contributed by atoms with Gasteiger partial charge in [0.1, 0.15) is 11.4 Å². The van der Waals surface area contributed by atoms with Crippen LogP contribution in [0.2, 0.25) is 5.02 Å². The standard InChI is InChI=1S/C22H24ClN5OS/c1-4-28(5-2)21-24-15(3)19(26-22(30)25-17-9-7-6-8-10-17)20(27-21)29-18-13-11-16(23)12-14-18/h6-14H,4-5H2,1-3H3,(H2,25,26,30). The molecule has 30 heavy (non-hydrogen) atoms. The highest BCUT2D eigenvalue weighted by Crippen LogP contribution is 2.32. The molecule has 0 aliphatic heterocycles. The molecule has 1 heterocycles. The molecule has 0 bridgehead atoms. The minimum Gasteiger partial charge on any atom is -0.437 e. The molecule has 3 aromatic rings. The van der Waals surface area contributed by atoms with Gasteiger partial charge in [-0.15, -0.1) is 0 Å². The highest BCUT2D eigenvalue weighted by Gasteiger charge is 2.18. The van der Waals surface area contributed by atoms with Crippen LogP contribution in [-0.4, -0.2) is 28.2 Å². The van der Waals surface area contributed by atoms with Gasteiger partial charge < -0.3 is 20.3 Å². The average Bonchev–Trinajstić information content (AvgIpc) is 2.74. The number of nitrogens with one attached hydrogen (secondary N) is 2. The lowest BCUT2D eigenvalue weighted by atomic mass is 10.3. The molecular weight excluding hydrogens is 418 g/mol. The van der Waals surface area contributed by atoms with Crippen LogP contribution in [0.1, 0.15) is 19.5 Å². The predicted molar refractivity (Wildman–Crippen MR) is 128 cm³/mol. The number of thiocarbonyl (C=S) groups is 1. The molecule has 6 nitrogen and oxygen atoms in total. The number of halogens is 1. The van der Waals surface area contributed by atoms with Gasteiger partial charge in [0.25, 0.3) is 0 Å². The summed E-state index contributed by atoms with van der Waals surface area (Å²) >= 11 is 11.5. The van der Waals surface area contributed by atoms with Gasteiger partial charge in [-0.1, -0.05) is 29.8 Å². The lowest BCUT2D eigenvalue weighted by Gasteiger charge is -2.22. The monoisotopic (exact) mass is 441 g/mol. The van der Waals surface area contributed by atoms with Gasteiger partial charge in [-0.25, -0.2) is 4.98 Å². The number of aryl methyl sites for hydroxylation is 1. The van der Waals surface area contributed by atoms with E-state index in [4.69, 9.17) is 28.6 Å². The van der Waals surface area contributed by atoms with E-state index in [-0.39, 0.29) is 0 Å². The van der Waals surface area contributed by atoms with Crippen LogP contribution in [0, 0.1) is 6.92 Å². The molecule has 3 rings (SSSR count). The number of hydrogen-bond acceptors (Lipinski definition) is 5. The van der Waals surface area contributed by atoms with Crippen molar-refractivity contribution in [1.82, 2.24) is 9.97 Å². The molecule has 1 aromatic heterocycles. The second-order valence-electron chi connectivity index (χ2n) is 6.46. The molecule has 0 saturated carbocycles. The summed E-state index contributed by atoms with van der Waals surface area (Å²) in [7, 11) is 0. The van der Waals surface area contributed by atoms with E-state index in [1.165, 1.54) is 0 Å². The summed E-state index contributed by atoms with van der Waals surface area (Å²) < 4.78 is 6.09. The minimum atomic E-state index is 0.393. The van der Waals surface area contributed by atoms with Crippen LogP contribution in [-0.2, 0) is 0 Å². The molecule has 0 amide bonds. The molecule has 0 atom stereocenters. The van der Waals surface area contributed by atoms with Crippen molar-refractivity contribution in [1.29, 1.82) is 0 Å². The summed E-state index contributed by atoms with van der Waals surface area (Å²) in [5.41, 5.74) is 2.22. The zero-order chi connectivity index (χ0) is 21.5. The Morgan fingerprint density at radius 3 is 2.30 bits per heavy atom. The molecule has 2 aromatic carbocycles. The number of anilines is 3. The molecule has 2 N–H and O–H groups in total. The van der Waals surface area contributed by atoms with Gasteiger partial charge in [-0.05, 0) is 69.4 Å². The number of aromatic nitrogens is 2. The SMILES string of the molecule is CCN(CC)c1nc(C)c(NC(=S)Nc2ccccc2)c(Oc2ccc(Cl)cc2)n1. The third-order valence-corrected chi connectivity index (χ3v) is 4.85. The van der Waals surface area contributed by atoms with E-state index < -0.39 is 0 Å². The highest BCUT2D eigenvalue weighted by atomic mass is 35.5. The highest BCUT2D eigenvalue weighted by molar-refractivity contribution is 7.80. The van der Waals surface area contributed by atoms with Crippen LogP contribution in [0.25, 0.3) is 0 Å². The fourth-order valence-electron chi connectivity index (χ4n) is 2.81. The van der Waals surface area contributed by atoms with Crippen molar-refractivity contribution in [3.05, 3.63) is 65.3 Å². The van der Waals surface area contributed by atoms with Crippen LogP contribution in [0.3, 0.4) is 0 Å². The first kappa shape index (κ1) is 21.8. The Labute approximate surface area is 187 Å². The first-order chi connectivity index (χ1) is 14.5. The fraction of sp³-hybridized carbons (Fsp3) is 0.227. The summed E-state index contributed by atoms with van der Waals surface area (Å²) in [6, 6.07) is 16.8. The van der Waals surface area contributed by atoms with Crippen molar-refractivity contribution in [3.63, 3.8) is 0 Å².